The molecule has 2 aliphatic heterocycles. The summed E-state index contributed by atoms with van der Waals surface area (Å²) in [6.07, 6.45) is 1.79. The monoisotopic (exact) mass is 264 g/mol. The third-order valence-electron chi connectivity index (χ3n) is 4.39. The molecule has 0 N–H and O–H groups in total. The predicted molar refractivity (Wildman–Crippen MR) is 72.8 cm³/mol. The highest BCUT2D eigenvalue weighted by atomic mass is 16.7. The molecule has 0 aliphatic carbocycles. The number of hydrogen-bond acceptors (Lipinski definition) is 4. The van der Waals surface area contributed by atoms with E-state index in [1.165, 1.54) is 0 Å². The Morgan fingerprint density at radius 1 is 1.11 bits per heavy atom. The largest absolute Gasteiger partial charge is 0.502 e. The fourth-order valence-electron chi connectivity index (χ4n) is 2.36. The fraction of sp³-hybridized carbons (Fsp3) is 0.769. The Morgan fingerprint density at radius 3 is 2.26 bits per heavy atom. The molecule has 1 aromatic heterocycles. The zero-order valence-electron chi connectivity index (χ0n) is 12.5. The van der Waals surface area contributed by atoms with E-state index in [2.05, 4.69) is 18.9 Å². The first-order chi connectivity index (χ1) is 8.64. The summed E-state index contributed by atoms with van der Waals surface area (Å²) >= 11 is 0. The van der Waals surface area contributed by atoms with Gasteiger partial charge in [0.15, 0.2) is 0 Å². The van der Waals surface area contributed by atoms with Gasteiger partial charge in [0.1, 0.15) is 6.61 Å². The van der Waals surface area contributed by atoms with E-state index in [1.807, 2.05) is 32.4 Å². The first-order valence-corrected chi connectivity index (χ1v) is 6.71. The first-order valence-electron chi connectivity index (χ1n) is 6.71. The van der Waals surface area contributed by atoms with E-state index in [9.17, 15) is 0 Å². The Hall–Kier alpha value is -1.01. The van der Waals surface area contributed by atoms with Crippen LogP contribution >= 0.6 is 0 Å². The Bertz CT molecular complexity index is 506. The van der Waals surface area contributed by atoms with E-state index in [1.54, 1.807) is 6.20 Å². The molecule has 6 heteroatoms. The second kappa shape index (κ2) is 3.55. The van der Waals surface area contributed by atoms with Crippen molar-refractivity contribution in [2.75, 3.05) is 6.61 Å². The van der Waals surface area contributed by atoms with Crippen molar-refractivity contribution in [2.24, 2.45) is 0 Å². The molecule has 0 spiro atoms. The van der Waals surface area contributed by atoms with Crippen LogP contribution in [0, 0.1) is 0 Å². The summed E-state index contributed by atoms with van der Waals surface area (Å²) in [6, 6.07) is 0. The minimum Gasteiger partial charge on any atom is -0.475 e. The van der Waals surface area contributed by atoms with Crippen molar-refractivity contribution in [3.63, 3.8) is 0 Å². The second-order valence-electron chi connectivity index (χ2n) is 7.01. The van der Waals surface area contributed by atoms with Gasteiger partial charge in [0.05, 0.1) is 28.4 Å². The molecule has 0 amide bonds. The fourth-order valence-corrected chi connectivity index (χ4v) is 2.36. The molecule has 5 nitrogen and oxygen atoms in total. The normalized spacial score (nSPS) is 26.3. The summed E-state index contributed by atoms with van der Waals surface area (Å²) in [5, 5.41) is 4.42. The van der Waals surface area contributed by atoms with Gasteiger partial charge in [-0.25, -0.2) is 4.68 Å². The van der Waals surface area contributed by atoms with Gasteiger partial charge in [-0.3, -0.25) is 0 Å². The molecule has 0 radical (unpaired) electrons. The van der Waals surface area contributed by atoms with Crippen LogP contribution in [-0.2, 0) is 14.8 Å². The molecule has 3 heterocycles. The standard InChI is InChI=1S/C13H21BN2O3/c1-11(2)8-17-10-9(7-15-16(10)11)14-18-12(3,4)13(5,6)19-14/h7H,8H2,1-6H3. The van der Waals surface area contributed by atoms with Gasteiger partial charge in [0, 0.05) is 0 Å². The molecule has 1 fully saturated rings. The molecule has 0 saturated carbocycles. The zero-order valence-corrected chi connectivity index (χ0v) is 12.5. The highest BCUT2D eigenvalue weighted by molar-refractivity contribution is 6.63. The van der Waals surface area contributed by atoms with Gasteiger partial charge >= 0.3 is 7.12 Å². The molecule has 2 aliphatic rings. The average Bonchev–Trinajstić information content (AvgIpc) is 2.83. The highest BCUT2D eigenvalue weighted by Crippen LogP contribution is 2.38. The first kappa shape index (κ1) is 13.0. The summed E-state index contributed by atoms with van der Waals surface area (Å²) in [7, 11) is -0.414. The topological polar surface area (TPSA) is 45.5 Å². The van der Waals surface area contributed by atoms with E-state index < -0.39 is 7.12 Å². The maximum absolute atomic E-state index is 6.05. The van der Waals surface area contributed by atoms with E-state index in [0.29, 0.717) is 6.61 Å². The Kier molecular flexibility index (Phi) is 2.43. The molecule has 104 valence electrons. The summed E-state index contributed by atoms with van der Waals surface area (Å²) in [5.74, 6) is 0.767. The molecular weight excluding hydrogens is 243 g/mol. The van der Waals surface area contributed by atoms with Gasteiger partial charge < -0.3 is 14.0 Å². The van der Waals surface area contributed by atoms with Gasteiger partial charge in [-0.1, -0.05) is 0 Å². The molecule has 0 bridgehead atoms. The van der Waals surface area contributed by atoms with Gasteiger partial charge in [-0.15, -0.1) is 0 Å². The van der Waals surface area contributed by atoms with Crippen LogP contribution in [0.25, 0.3) is 0 Å². The average molecular weight is 264 g/mol. The highest BCUT2D eigenvalue weighted by Gasteiger charge is 2.54. The lowest BCUT2D eigenvalue weighted by molar-refractivity contribution is 0.00578. The van der Waals surface area contributed by atoms with Crippen molar-refractivity contribution in [3.05, 3.63) is 6.20 Å². The van der Waals surface area contributed by atoms with E-state index >= 15 is 0 Å². The van der Waals surface area contributed by atoms with Crippen LogP contribution < -0.4 is 10.2 Å². The van der Waals surface area contributed by atoms with Crippen LogP contribution in [0.2, 0.25) is 0 Å². The molecule has 0 aromatic carbocycles. The summed E-state index contributed by atoms with van der Waals surface area (Å²) in [6.45, 7) is 13.0. The van der Waals surface area contributed by atoms with Gasteiger partial charge in [0.2, 0.25) is 5.88 Å². The predicted octanol–water partition coefficient (Wildman–Crippen LogP) is 1.31. The van der Waals surface area contributed by atoms with Gasteiger partial charge in [-0.2, -0.15) is 5.10 Å². The van der Waals surface area contributed by atoms with Crippen molar-refractivity contribution in [3.8, 4) is 5.88 Å². The Balaban J connectivity index is 1.95. The van der Waals surface area contributed by atoms with Crippen molar-refractivity contribution in [2.45, 2.75) is 58.3 Å². The van der Waals surface area contributed by atoms with Crippen LogP contribution in [0.5, 0.6) is 5.88 Å². The maximum Gasteiger partial charge on any atom is 0.502 e. The SMILES string of the molecule is CC1(C)COc2c(B3OC(C)(C)C(C)(C)O3)cnn21. The number of nitrogens with zero attached hydrogens (tertiary/aromatic N) is 2. The van der Waals surface area contributed by atoms with Crippen molar-refractivity contribution < 1.29 is 14.0 Å². The van der Waals surface area contributed by atoms with Crippen LogP contribution in [0.3, 0.4) is 0 Å². The third kappa shape index (κ3) is 1.73. The number of hydrogen-bond donors (Lipinski definition) is 0. The lowest BCUT2D eigenvalue weighted by Crippen LogP contribution is -2.41. The van der Waals surface area contributed by atoms with Crippen molar-refractivity contribution in [1.29, 1.82) is 0 Å². The third-order valence-corrected chi connectivity index (χ3v) is 4.39. The van der Waals surface area contributed by atoms with E-state index in [0.717, 1.165) is 11.3 Å². The van der Waals surface area contributed by atoms with Crippen LogP contribution in [-0.4, -0.2) is 34.7 Å². The Morgan fingerprint density at radius 2 is 1.68 bits per heavy atom. The summed E-state index contributed by atoms with van der Waals surface area (Å²) in [4.78, 5) is 0. The van der Waals surface area contributed by atoms with E-state index in [-0.39, 0.29) is 16.7 Å². The molecule has 19 heavy (non-hydrogen) atoms. The van der Waals surface area contributed by atoms with Gasteiger partial charge in [0.25, 0.3) is 0 Å². The van der Waals surface area contributed by atoms with Crippen molar-refractivity contribution >= 4 is 12.6 Å². The summed E-state index contributed by atoms with van der Waals surface area (Å²) < 4.78 is 19.8. The number of fused-ring (bicyclic) bond motifs is 1. The van der Waals surface area contributed by atoms with E-state index in [4.69, 9.17) is 14.0 Å². The lowest BCUT2D eigenvalue weighted by atomic mass is 9.81. The number of rotatable bonds is 1. The molecule has 0 atom stereocenters. The van der Waals surface area contributed by atoms with Crippen LogP contribution in [0.1, 0.15) is 41.5 Å². The van der Waals surface area contributed by atoms with Crippen molar-refractivity contribution in [1.82, 2.24) is 9.78 Å². The zero-order chi connectivity index (χ0) is 14.1. The molecule has 0 unspecified atom stereocenters. The van der Waals surface area contributed by atoms with Crippen LogP contribution in [0.15, 0.2) is 6.20 Å². The smallest absolute Gasteiger partial charge is 0.475 e. The van der Waals surface area contributed by atoms with Crippen LogP contribution in [0.4, 0.5) is 0 Å². The molecule has 1 saturated heterocycles. The minimum absolute atomic E-state index is 0.114. The maximum atomic E-state index is 6.05. The summed E-state index contributed by atoms with van der Waals surface area (Å²) in [5.41, 5.74) is 0.0718. The molecule has 3 rings (SSSR count). The second-order valence-corrected chi connectivity index (χ2v) is 7.01. The molecule has 1 aromatic rings. The molecular formula is C13H21BN2O3. The number of ether oxygens (including phenoxy) is 1. The number of aromatic nitrogens is 2. The Labute approximate surface area is 114 Å². The van der Waals surface area contributed by atoms with Gasteiger partial charge in [-0.05, 0) is 41.5 Å². The lowest BCUT2D eigenvalue weighted by Gasteiger charge is -2.32. The minimum atomic E-state index is -0.414. The quantitative estimate of drug-likeness (QED) is 0.717.